The average Bonchev–Trinajstić information content (AvgIpc) is 2.70. The third-order valence-corrected chi connectivity index (χ3v) is 4.41. The molecule has 2 aromatic carbocycles. The molecule has 1 amide bonds. The molecule has 0 unspecified atom stereocenters. The molecule has 0 aliphatic rings. The molecule has 0 saturated heterocycles. The molecule has 3 rings (SSSR count). The summed E-state index contributed by atoms with van der Waals surface area (Å²) in [7, 11) is 1.21. The van der Waals surface area contributed by atoms with Crippen molar-refractivity contribution in [1.29, 1.82) is 0 Å². The van der Waals surface area contributed by atoms with E-state index in [0.29, 0.717) is 16.4 Å². The van der Waals surface area contributed by atoms with E-state index in [1.807, 2.05) is 0 Å². The van der Waals surface area contributed by atoms with E-state index < -0.39 is 29.8 Å². The number of rotatable bonds is 6. The van der Waals surface area contributed by atoms with E-state index in [1.165, 1.54) is 49.6 Å². The number of amides is 1. The monoisotopic (exact) mass is 444 g/mol. The molecular formula is C21H18ClFN4O4. The number of ether oxygens (including phenoxy) is 1. The van der Waals surface area contributed by atoms with Crippen LogP contribution >= 0.6 is 11.6 Å². The number of aryl methyl sites for hydroxylation is 1. The molecular weight excluding hydrogens is 427 g/mol. The number of nitrogens with zero attached hydrogens (tertiary/aromatic N) is 2. The number of hydrogen-bond acceptors (Lipinski definition) is 6. The van der Waals surface area contributed by atoms with Gasteiger partial charge in [0.05, 0.1) is 18.4 Å². The SMILES string of the molecule is COC(=O)c1ccc(Cl)cc1NC(=O)Cn1c(Nc2cccc(F)c2)nc(C)cc1=O. The van der Waals surface area contributed by atoms with Crippen molar-refractivity contribution in [3.8, 4) is 0 Å². The quantitative estimate of drug-likeness (QED) is 0.564. The number of halogens is 2. The predicted octanol–water partition coefficient (Wildman–Crippen LogP) is 3.51. The number of nitrogens with one attached hydrogen (secondary N) is 2. The summed E-state index contributed by atoms with van der Waals surface area (Å²) in [6.07, 6.45) is 0. The number of methoxy groups -OCH3 is 1. The molecule has 1 heterocycles. The second-order valence-electron chi connectivity index (χ2n) is 6.51. The van der Waals surface area contributed by atoms with Crippen LogP contribution in [0.4, 0.5) is 21.7 Å². The lowest BCUT2D eigenvalue weighted by Gasteiger charge is -2.15. The highest BCUT2D eigenvalue weighted by molar-refractivity contribution is 6.31. The molecule has 10 heteroatoms. The molecule has 0 saturated carbocycles. The van der Waals surface area contributed by atoms with Crippen LogP contribution in [0.3, 0.4) is 0 Å². The maximum Gasteiger partial charge on any atom is 0.339 e. The van der Waals surface area contributed by atoms with Crippen LogP contribution in [0.1, 0.15) is 16.1 Å². The van der Waals surface area contributed by atoms with Gasteiger partial charge >= 0.3 is 5.97 Å². The Morgan fingerprint density at radius 1 is 1.19 bits per heavy atom. The van der Waals surface area contributed by atoms with Crippen molar-refractivity contribution < 1.29 is 18.7 Å². The van der Waals surface area contributed by atoms with Gasteiger partial charge in [-0.25, -0.2) is 14.2 Å². The highest BCUT2D eigenvalue weighted by Gasteiger charge is 2.17. The van der Waals surface area contributed by atoms with Gasteiger partial charge in [0.15, 0.2) is 0 Å². The number of esters is 1. The molecule has 0 fully saturated rings. The normalized spacial score (nSPS) is 10.5. The molecule has 0 radical (unpaired) electrons. The zero-order valence-electron chi connectivity index (χ0n) is 16.6. The van der Waals surface area contributed by atoms with Gasteiger partial charge in [-0.1, -0.05) is 17.7 Å². The van der Waals surface area contributed by atoms with Gasteiger partial charge in [0.25, 0.3) is 5.56 Å². The van der Waals surface area contributed by atoms with Crippen LogP contribution in [-0.4, -0.2) is 28.5 Å². The predicted molar refractivity (Wildman–Crippen MR) is 114 cm³/mol. The van der Waals surface area contributed by atoms with Crippen LogP contribution in [0.2, 0.25) is 5.02 Å². The van der Waals surface area contributed by atoms with Crippen LogP contribution in [0.5, 0.6) is 0 Å². The fourth-order valence-corrected chi connectivity index (χ4v) is 2.98. The summed E-state index contributed by atoms with van der Waals surface area (Å²) in [6, 6.07) is 11.2. The number of carbonyl (C=O) groups is 2. The first-order valence-electron chi connectivity index (χ1n) is 9.05. The van der Waals surface area contributed by atoms with E-state index in [0.717, 1.165) is 4.57 Å². The minimum atomic E-state index is -0.658. The molecule has 160 valence electrons. The first-order chi connectivity index (χ1) is 14.8. The summed E-state index contributed by atoms with van der Waals surface area (Å²) in [5.41, 5.74) is 0.531. The number of carbonyl (C=O) groups excluding carboxylic acids is 2. The number of anilines is 3. The maximum absolute atomic E-state index is 13.5. The second-order valence-corrected chi connectivity index (χ2v) is 6.95. The third kappa shape index (κ3) is 5.46. The van der Waals surface area contributed by atoms with E-state index in [9.17, 15) is 18.8 Å². The molecule has 0 atom stereocenters. The molecule has 8 nitrogen and oxygen atoms in total. The van der Waals surface area contributed by atoms with E-state index in [2.05, 4.69) is 15.6 Å². The number of benzene rings is 2. The maximum atomic E-state index is 13.5. The standard InChI is InChI=1S/C21H18ClFN4O4/c1-12-8-19(29)27(21(24-12)25-15-5-3-4-14(23)10-15)11-18(28)26-17-9-13(22)6-7-16(17)20(30)31-2/h3-10H,11H2,1-2H3,(H,24,25)(H,26,28). The van der Waals surface area contributed by atoms with Crippen molar-refractivity contribution in [2.24, 2.45) is 0 Å². The van der Waals surface area contributed by atoms with Gasteiger partial charge in [-0.15, -0.1) is 0 Å². The molecule has 1 aromatic heterocycles. The van der Waals surface area contributed by atoms with Crippen LogP contribution in [0, 0.1) is 12.7 Å². The lowest BCUT2D eigenvalue weighted by molar-refractivity contribution is -0.116. The van der Waals surface area contributed by atoms with Gasteiger partial charge in [-0.3, -0.25) is 14.2 Å². The largest absolute Gasteiger partial charge is 0.465 e. The topological polar surface area (TPSA) is 102 Å². The molecule has 2 N–H and O–H groups in total. The van der Waals surface area contributed by atoms with Crippen LogP contribution in [-0.2, 0) is 16.1 Å². The summed E-state index contributed by atoms with van der Waals surface area (Å²) < 4.78 is 19.3. The second kappa shape index (κ2) is 9.40. The highest BCUT2D eigenvalue weighted by atomic mass is 35.5. The van der Waals surface area contributed by atoms with Gasteiger partial charge in [0, 0.05) is 22.5 Å². The van der Waals surface area contributed by atoms with Gasteiger partial charge in [0.2, 0.25) is 11.9 Å². The van der Waals surface area contributed by atoms with E-state index >= 15 is 0 Å². The van der Waals surface area contributed by atoms with Crippen molar-refractivity contribution in [1.82, 2.24) is 9.55 Å². The summed E-state index contributed by atoms with van der Waals surface area (Å²) in [5.74, 6) is -1.68. The van der Waals surface area contributed by atoms with Gasteiger partial charge in [-0.2, -0.15) is 0 Å². The van der Waals surface area contributed by atoms with Crippen molar-refractivity contribution in [3.63, 3.8) is 0 Å². The van der Waals surface area contributed by atoms with E-state index in [1.54, 1.807) is 13.0 Å². The number of hydrogen-bond donors (Lipinski definition) is 2. The zero-order valence-corrected chi connectivity index (χ0v) is 17.4. The van der Waals surface area contributed by atoms with Crippen LogP contribution < -0.4 is 16.2 Å². The lowest BCUT2D eigenvalue weighted by Crippen LogP contribution is -2.30. The Balaban J connectivity index is 1.89. The minimum absolute atomic E-state index is 0.0602. The Kier molecular flexibility index (Phi) is 6.66. The summed E-state index contributed by atoms with van der Waals surface area (Å²) in [4.78, 5) is 41.4. The van der Waals surface area contributed by atoms with Crippen LogP contribution in [0.15, 0.2) is 53.3 Å². The Morgan fingerprint density at radius 3 is 2.68 bits per heavy atom. The Hall–Kier alpha value is -3.72. The molecule has 31 heavy (non-hydrogen) atoms. The fraction of sp³-hybridized carbons (Fsp3) is 0.143. The Bertz CT molecular complexity index is 1210. The van der Waals surface area contributed by atoms with Gasteiger partial charge in [-0.05, 0) is 43.3 Å². The minimum Gasteiger partial charge on any atom is -0.465 e. The third-order valence-electron chi connectivity index (χ3n) is 4.18. The van der Waals surface area contributed by atoms with E-state index in [-0.39, 0.29) is 17.2 Å². The smallest absolute Gasteiger partial charge is 0.339 e. The molecule has 3 aromatic rings. The van der Waals surface area contributed by atoms with Crippen LogP contribution in [0.25, 0.3) is 0 Å². The Morgan fingerprint density at radius 2 is 1.97 bits per heavy atom. The van der Waals surface area contributed by atoms with Gasteiger partial charge in [0.1, 0.15) is 12.4 Å². The van der Waals surface area contributed by atoms with Crippen molar-refractivity contribution in [2.75, 3.05) is 17.7 Å². The molecule has 0 aliphatic carbocycles. The molecule has 0 bridgehead atoms. The first-order valence-corrected chi connectivity index (χ1v) is 9.43. The molecule has 0 aliphatic heterocycles. The molecule has 0 spiro atoms. The van der Waals surface area contributed by atoms with Gasteiger partial charge < -0.3 is 15.4 Å². The Labute approximate surface area is 181 Å². The zero-order chi connectivity index (χ0) is 22.5. The first kappa shape index (κ1) is 22.0. The summed E-state index contributed by atoms with van der Waals surface area (Å²) >= 11 is 5.97. The van der Waals surface area contributed by atoms with Crippen molar-refractivity contribution in [2.45, 2.75) is 13.5 Å². The van der Waals surface area contributed by atoms with Crippen molar-refractivity contribution in [3.05, 3.63) is 81.0 Å². The van der Waals surface area contributed by atoms with E-state index in [4.69, 9.17) is 16.3 Å². The number of aromatic nitrogens is 2. The fourth-order valence-electron chi connectivity index (χ4n) is 2.81. The summed E-state index contributed by atoms with van der Waals surface area (Å²) in [6.45, 7) is 1.20. The lowest BCUT2D eigenvalue weighted by atomic mass is 10.2. The van der Waals surface area contributed by atoms with Crippen molar-refractivity contribution >= 4 is 40.8 Å². The highest BCUT2D eigenvalue weighted by Crippen LogP contribution is 2.22. The average molecular weight is 445 g/mol. The summed E-state index contributed by atoms with van der Waals surface area (Å²) in [5, 5.41) is 5.70.